The van der Waals surface area contributed by atoms with Gasteiger partial charge in [0.2, 0.25) is 5.91 Å². The van der Waals surface area contributed by atoms with Gasteiger partial charge < -0.3 is 19.5 Å². The summed E-state index contributed by atoms with van der Waals surface area (Å²) in [7, 11) is 0. The first kappa shape index (κ1) is 20.7. The molecule has 6 nitrogen and oxygen atoms in total. The second kappa shape index (κ2) is 11.3. The molecule has 1 aromatic rings. The van der Waals surface area contributed by atoms with E-state index in [0.29, 0.717) is 13.2 Å². The molecule has 138 valence electrons. The minimum absolute atomic E-state index is 0.100. The molecule has 1 rings (SSSR count). The van der Waals surface area contributed by atoms with Gasteiger partial charge in [-0.2, -0.15) is 0 Å². The van der Waals surface area contributed by atoms with E-state index in [1.807, 2.05) is 31.2 Å². The lowest BCUT2D eigenvalue weighted by atomic mass is 10.2. The van der Waals surface area contributed by atoms with E-state index >= 15 is 0 Å². The van der Waals surface area contributed by atoms with Crippen LogP contribution in [0.5, 0.6) is 5.75 Å². The van der Waals surface area contributed by atoms with E-state index in [1.165, 1.54) is 11.0 Å². The molecule has 1 atom stereocenters. The van der Waals surface area contributed by atoms with Gasteiger partial charge in [0, 0.05) is 19.2 Å². The first-order valence-corrected chi connectivity index (χ1v) is 8.49. The van der Waals surface area contributed by atoms with Crippen molar-refractivity contribution in [1.29, 1.82) is 0 Å². The lowest BCUT2D eigenvalue weighted by Gasteiger charge is -2.22. The third kappa shape index (κ3) is 8.35. The molecule has 0 saturated heterocycles. The monoisotopic (exact) mass is 349 g/mol. The number of ether oxygens (including phenoxy) is 2. The number of hydrogen-bond acceptors (Lipinski definition) is 5. The van der Waals surface area contributed by atoms with Crippen molar-refractivity contribution in [1.82, 2.24) is 4.90 Å². The van der Waals surface area contributed by atoms with Gasteiger partial charge in [-0.3, -0.25) is 9.59 Å². The van der Waals surface area contributed by atoms with E-state index in [-0.39, 0.29) is 31.4 Å². The molecule has 0 saturated carbocycles. The molecule has 6 heteroatoms. The van der Waals surface area contributed by atoms with Crippen molar-refractivity contribution in [2.45, 2.75) is 33.3 Å². The van der Waals surface area contributed by atoms with E-state index in [2.05, 4.69) is 0 Å². The van der Waals surface area contributed by atoms with Crippen molar-refractivity contribution >= 4 is 18.0 Å². The van der Waals surface area contributed by atoms with Crippen molar-refractivity contribution < 1.29 is 24.2 Å². The fraction of sp³-hybridized carbons (Fsp3) is 0.474. The van der Waals surface area contributed by atoms with Crippen molar-refractivity contribution in [2.75, 3.05) is 26.3 Å². The summed E-state index contributed by atoms with van der Waals surface area (Å²) in [5.74, 6) is 0.150. The van der Waals surface area contributed by atoms with Crippen LogP contribution in [0.25, 0.3) is 6.08 Å². The van der Waals surface area contributed by atoms with Crippen LogP contribution in [0.4, 0.5) is 0 Å². The van der Waals surface area contributed by atoms with Crippen LogP contribution in [-0.4, -0.2) is 54.3 Å². The van der Waals surface area contributed by atoms with Gasteiger partial charge in [0.15, 0.2) is 0 Å². The molecule has 0 aromatic heterocycles. The molecule has 0 heterocycles. The number of benzene rings is 1. The van der Waals surface area contributed by atoms with Gasteiger partial charge in [-0.05, 0) is 44.5 Å². The second-order valence-electron chi connectivity index (χ2n) is 5.52. The molecular weight excluding hydrogens is 322 g/mol. The van der Waals surface area contributed by atoms with Crippen LogP contribution >= 0.6 is 0 Å². The standard InChI is InChI=1S/C19H27NO5/c1-4-24-17-9-6-16(7-10-17)8-11-18(22)20(14-15(3)21)13-12-19(23)25-5-2/h6-11,15,21H,4-5,12-14H2,1-3H3/b11-8+. The summed E-state index contributed by atoms with van der Waals surface area (Å²) in [5.41, 5.74) is 0.860. The molecule has 0 bridgehead atoms. The Morgan fingerprint density at radius 2 is 1.88 bits per heavy atom. The molecule has 1 N–H and O–H groups in total. The molecule has 1 amide bonds. The number of nitrogens with zero attached hydrogens (tertiary/aromatic N) is 1. The highest BCUT2D eigenvalue weighted by Crippen LogP contribution is 2.13. The largest absolute Gasteiger partial charge is 0.494 e. The van der Waals surface area contributed by atoms with Gasteiger partial charge in [-0.15, -0.1) is 0 Å². The van der Waals surface area contributed by atoms with Crippen molar-refractivity contribution in [3.8, 4) is 5.75 Å². The number of hydrogen-bond donors (Lipinski definition) is 1. The lowest BCUT2D eigenvalue weighted by molar-refractivity contribution is -0.144. The zero-order valence-electron chi connectivity index (χ0n) is 15.1. The summed E-state index contributed by atoms with van der Waals surface area (Å²) in [6, 6.07) is 7.38. The Hall–Kier alpha value is -2.34. The Balaban J connectivity index is 2.67. The van der Waals surface area contributed by atoms with Gasteiger partial charge in [-0.1, -0.05) is 12.1 Å². The summed E-state index contributed by atoms with van der Waals surface area (Å²) in [6.07, 6.45) is 2.55. The fourth-order valence-electron chi connectivity index (χ4n) is 2.18. The van der Waals surface area contributed by atoms with Crippen LogP contribution in [0.2, 0.25) is 0 Å². The molecule has 0 spiro atoms. The third-order valence-electron chi connectivity index (χ3n) is 3.30. The number of carbonyl (C=O) groups is 2. The number of carbonyl (C=O) groups excluding carboxylic acids is 2. The normalized spacial score (nSPS) is 12.0. The Morgan fingerprint density at radius 1 is 1.20 bits per heavy atom. The van der Waals surface area contributed by atoms with Crippen molar-refractivity contribution in [3.05, 3.63) is 35.9 Å². The zero-order chi connectivity index (χ0) is 18.7. The first-order valence-electron chi connectivity index (χ1n) is 8.49. The summed E-state index contributed by atoms with van der Waals surface area (Å²) < 4.78 is 10.2. The van der Waals surface area contributed by atoms with E-state index in [0.717, 1.165) is 11.3 Å². The Morgan fingerprint density at radius 3 is 2.44 bits per heavy atom. The smallest absolute Gasteiger partial charge is 0.307 e. The predicted octanol–water partition coefficient (Wildman–Crippen LogP) is 2.26. The first-order chi connectivity index (χ1) is 12.0. The van der Waals surface area contributed by atoms with Crippen LogP contribution in [0, 0.1) is 0 Å². The molecule has 1 aromatic carbocycles. The molecule has 1 unspecified atom stereocenters. The molecule has 0 radical (unpaired) electrons. The van der Waals surface area contributed by atoms with Gasteiger partial charge in [0.1, 0.15) is 5.75 Å². The summed E-state index contributed by atoms with van der Waals surface area (Å²) in [5, 5.41) is 9.56. The van der Waals surface area contributed by atoms with Gasteiger partial charge in [0.05, 0.1) is 25.7 Å². The van der Waals surface area contributed by atoms with Gasteiger partial charge in [0.25, 0.3) is 0 Å². The summed E-state index contributed by atoms with van der Waals surface area (Å²) in [6.45, 7) is 6.52. The van der Waals surface area contributed by atoms with E-state index in [9.17, 15) is 14.7 Å². The highest BCUT2D eigenvalue weighted by molar-refractivity contribution is 5.92. The lowest BCUT2D eigenvalue weighted by Crippen LogP contribution is -2.37. The maximum atomic E-state index is 12.3. The van der Waals surface area contributed by atoms with Crippen molar-refractivity contribution in [2.24, 2.45) is 0 Å². The minimum atomic E-state index is -0.676. The fourth-order valence-corrected chi connectivity index (χ4v) is 2.18. The third-order valence-corrected chi connectivity index (χ3v) is 3.30. The van der Waals surface area contributed by atoms with Crippen LogP contribution in [-0.2, 0) is 14.3 Å². The highest BCUT2D eigenvalue weighted by Gasteiger charge is 2.15. The summed E-state index contributed by atoms with van der Waals surface area (Å²) >= 11 is 0. The number of aliphatic hydroxyl groups is 1. The minimum Gasteiger partial charge on any atom is -0.494 e. The van der Waals surface area contributed by atoms with Crippen LogP contribution in [0.1, 0.15) is 32.8 Å². The SMILES string of the molecule is CCOC(=O)CCN(CC(C)O)C(=O)/C=C/c1ccc(OCC)cc1. The average molecular weight is 349 g/mol. The topological polar surface area (TPSA) is 76.1 Å². The number of rotatable bonds is 10. The Kier molecular flexibility index (Phi) is 9.32. The van der Waals surface area contributed by atoms with Gasteiger partial charge in [-0.25, -0.2) is 0 Å². The van der Waals surface area contributed by atoms with Gasteiger partial charge >= 0.3 is 5.97 Å². The molecule has 0 aliphatic carbocycles. The number of aliphatic hydroxyl groups excluding tert-OH is 1. The van der Waals surface area contributed by atoms with E-state index in [4.69, 9.17) is 9.47 Å². The molecule has 0 aliphatic heterocycles. The van der Waals surface area contributed by atoms with Crippen LogP contribution in [0.15, 0.2) is 30.3 Å². The zero-order valence-corrected chi connectivity index (χ0v) is 15.1. The quantitative estimate of drug-likeness (QED) is 0.518. The molecule has 0 fully saturated rings. The number of amides is 1. The molecular formula is C19H27NO5. The molecule has 25 heavy (non-hydrogen) atoms. The van der Waals surface area contributed by atoms with Crippen LogP contribution < -0.4 is 4.74 Å². The van der Waals surface area contributed by atoms with E-state index < -0.39 is 6.10 Å². The number of esters is 1. The highest BCUT2D eigenvalue weighted by atomic mass is 16.5. The van der Waals surface area contributed by atoms with Crippen LogP contribution in [0.3, 0.4) is 0 Å². The molecule has 0 aliphatic rings. The Labute approximate surface area is 149 Å². The second-order valence-corrected chi connectivity index (χ2v) is 5.52. The maximum absolute atomic E-state index is 12.3. The van der Waals surface area contributed by atoms with E-state index in [1.54, 1.807) is 19.9 Å². The summed E-state index contributed by atoms with van der Waals surface area (Å²) in [4.78, 5) is 25.2. The Bertz CT molecular complexity index is 566. The predicted molar refractivity (Wildman–Crippen MR) is 96.2 cm³/mol. The van der Waals surface area contributed by atoms with Crippen molar-refractivity contribution in [3.63, 3.8) is 0 Å². The average Bonchev–Trinajstić information content (AvgIpc) is 2.58. The maximum Gasteiger partial charge on any atom is 0.307 e.